The minimum Gasteiger partial charge on any atom is -0.353 e. The van der Waals surface area contributed by atoms with E-state index >= 15 is 0 Å². The Kier molecular flexibility index (Phi) is 4.94. The van der Waals surface area contributed by atoms with E-state index in [1.807, 2.05) is 13.8 Å². The van der Waals surface area contributed by atoms with Gasteiger partial charge in [0.05, 0.1) is 6.26 Å². The third kappa shape index (κ3) is 5.04. The highest BCUT2D eigenvalue weighted by molar-refractivity contribution is 7.88. The van der Waals surface area contributed by atoms with Crippen molar-refractivity contribution in [3.8, 4) is 0 Å². The highest BCUT2D eigenvalue weighted by Gasteiger charge is 2.25. The third-order valence-electron chi connectivity index (χ3n) is 2.88. The second-order valence-electron chi connectivity index (χ2n) is 5.10. The van der Waals surface area contributed by atoms with Gasteiger partial charge in [-0.3, -0.25) is 4.79 Å². The zero-order valence-electron chi connectivity index (χ0n) is 10.8. The van der Waals surface area contributed by atoms with Crippen LogP contribution in [0.3, 0.4) is 0 Å². The SMILES string of the molecule is CC(C)CC(=O)NC1CCN(S(C)(=O)=O)CC1. The number of carbonyl (C=O) groups is 1. The molecule has 0 aromatic carbocycles. The standard InChI is InChI=1S/C11H22N2O3S/c1-9(2)8-11(14)12-10-4-6-13(7-5-10)17(3,15)16/h9-10H,4-8H2,1-3H3,(H,12,14). The molecule has 0 spiro atoms. The van der Waals surface area contributed by atoms with E-state index in [1.54, 1.807) is 0 Å². The zero-order chi connectivity index (χ0) is 13.1. The van der Waals surface area contributed by atoms with Gasteiger partial charge in [0, 0.05) is 25.6 Å². The fourth-order valence-electron chi connectivity index (χ4n) is 1.99. The Balaban J connectivity index is 2.35. The predicted molar refractivity (Wildman–Crippen MR) is 67.0 cm³/mol. The number of hydrogen-bond donors (Lipinski definition) is 1. The number of hydrogen-bond acceptors (Lipinski definition) is 3. The van der Waals surface area contributed by atoms with Gasteiger partial charge in [-0.25, -0.2) is 12.7 Å². The van der Waals surface area contributed by atoms with Gasteiger partial charge >= 0.3 is 0 Å². The van der Waals surface area contributed by atoms with Crippen LogP contribution in [0.1, 0.15) is 33.1 Å². The first-order valence-corrected chi connectivity index (χ1v) is 7.88. The van der Waals surface area contributed by atoms with Crippen LogP contribution in [0.4, 0.5) is 0 Å². The molecule has 0 radical (unpaired) electrons. The van der Waals surface area contributed by atoms with Crippen LogP contribution >= 0.6 is 0 Å². The summed E-state index contributed by atoms with van der Waals surface area (Å²) in [5, 5.41) is 2.96. The third-order valence-corrected chi connectivity index (χ3v) is 4.18. The van der Waals surface area contributed by atoms with Crippen molar-refractivity contribution >= 4 is 15.9 Å². The largest absolute Gasteiger partial charge is 0.353 e. The molecule has 17 heavy (non-hydrogen) atoms. The molecule has 1 fully saturated rings. The van der Waals surface area contributed by atoms with E-state index < -0.39 is 10.0 Å². The van der Waals surface area contributed by atoms with Crippen molar-refractivity contribution in [2.75, 3.05) is 19.3 Å². The highest BCUT2D eigenvalue weighted by atomic mass is 32.2. The lowest BCUT2D eigenvalue weighted by atomic mass is 10.1. The summed E-state index contributed by atoms with van der Waals surface area (Å²) in [5.74, 6) is 0.420. The van der Waals surface area contributed by atoms with E-state index in [-0.39, 0.29) is 11.9 Å². The van der Waals surface area contributed by atoms with Crippen molar-refractivity contribution in [2.45, 2.75) is 39.2 Å². The Bertz CT molecular complexity index is 357. The molecule has 1 heterocycles. The van der Waals surface area contributed by atoms with Crippen molar-refractivity contribution < 1.29 is 13.2 Å². The summed E-state index contributed by atoms with van der Waals surface area (Å²) in [6.07, 6.45) is 3.17. The van der Waals surface area contributed by atoms with E-state index in [2.05, 4.69) is 5.32 Å². The summed E-state index contributed by atoms with van der Waals surface area (Å²) >= 11 is 0. The second-order valence-corrected chi connectivity index (χ2v) is 7.08. The molecule has 0 aliphatic carbocycles. The Hall–Kier alpha value is -0.620. The van der Waals surface area contributed by atoms with Gasteiger partial charge in [0.25, 0.3) is 0 Å². The molecular weight excluding hydrogens is 240 g/mol. The first-order valence-electron chi connectivity index (χ1n) is 6.03. The van der Waals surface area contributed by atoms with Gasteiger partial charge in [-0.2, -0.15) is 0 Å². The summed E-state index contributed by atoms with van der Waals surface area (Å²) < 4.78 is 24.1. The van der Waals surface area contributed by atoms with Crippen LogP contribution in [0, 0.1) is 5.92 Å². The topological polar surface area (TPSA) is 66.5 Å². The van der Waals surface area contributed by atoms with E-state index in [9.17, 15) is 13.2 Å². The monoisotopic (exact) mass is 262 g/mol. The van der Waals surface area contributed by atoms with Crippen LogP contribution in [0.15, 0.2) is 0 Å². The Labute approximate surface area is 104 Å². The van der Waals surface area contributed by atoms with E-state index in [4.69, 9.17) is 0 Å². The first-order chi connectivity index (χ1) is 7.79. The average molecular weight is 262 g/mol. The van der Waals surface area contributed by atoms with Gasteiger partial charge < -0.3 is 5.32 Å². The summed E-state index contributed by atoms with van der Waals surface area (Å²) in [6.45, 7) is 5.02. The van der Waals surface area contributed by atoms with Gasteiger partial charge in [0.2, 0.25) is 15.9 Å². The Morgan fingerprint density at radius 2 is 1.88 bits per heavy atom. The molecule has 1 N–H and O–H groups in total. The summed E-state index contributed by atoms with van der Waals surface area (Å²) in [7, 11) is -3.08. The number of nitrogens with zero attached hydrogens (tertiary/aromatic N) is 1. The highest BCUT2D eigenvalue weighted by Crippen LogP contribution is 2.13. The van der Waals surface area contributed by atoms with Crippen LogP contribution < -0.4 is 5.32 Å². The van der Waals surface area contributed by atoms with Gasteiger partial charge in [-0.1, -0.05) is 13.8 Å². The molecule has 0 saturated carbocycles. The maximum absolute atomic E-state index is 11.6. The Morgan fingerprint density at radius 1 is 1.35 bits per heavy atom. The zero-order valence-corrected chi connectivity index (χ0v) is 11.6. The molecule has 0 aromatic rings. The van der Waals surface area contributed by atoms with Crippen LogP contribution in [0.5, 0.6) is 0 Å². The lowest BCUT2D eigenvalue weighted by Crippen LogP contribution is -2.46. The molecule has 0 unspecified atom stereocenters. The molecule has 0 bridgehead atoms. The maximum atomic E-state index is 11.6. The van der Waals surface area contributed by atoms with Crippen molar-refractivity contribution in [3.05, 3.63) is 0 Å². The summed E-state index contributed by atoms with van der Waals surface area (Å²) in [4.78, 5) is 11.6. The summed E-state index contributed by atoms with van der Waals surface area (Å²) in [5.41, 5.74) is 0. The molecule has 5 nitrogen and oxygen atoms in total. The molecule has 1 aliphatic rings. The molecular formula is C11H22N2O3S. The van der Waals surface area contributed by atoms with E-state index in [1.165, 1.54) is 10.6 Å². The van der Waals surface area contributed by atoms with E-state index in [0.29, 0.717) is 38.3 Å². The fourth-order valence-corrected chi connectivity index (χ4v) is 2.86. The fraction of sp³-hybridized carbons (Fsp3) is 0.909. The van der Waals surface area contributed by atoms with Crippen molar-refractivity contribution in [1.82, 2.24) is 9.62 Å². The number of amides is 1. The molecule has 1 rings (SSSR count). The number of rotatable bonds is 4. The van der Waals surface area contributed by atoms with Crippen molar-refractivity contribution in [3.63, 3.8) is 0 Å². The molecule has 0 atom stereocenters. The normalized spacial score (nSPS) is 19.5. The minimum atomic E-state index is -3.08. The van der Waals surface area contributed by atoms with Crippen molar-refractivity contribution in [1.29, 1.82) is 0 Å². The van der Waals surface area contributed by atoms with Crippen LogP contribution in [0.2, 0.25) is 0 Å². The molecule has 6 heteroatoms. The lowest BCUT2D eigenvalue weighted by Gasteiger charge is -2.30. The van der Waals surface area contributed by atoms with Crippen molar-refractivity contribution in [2.24, 2.45) is 5.92 Å². The average Bonchev–Trinajstić information content (AvgIpc) is 2.15. The smallest absolute Gasteiger partial charge is 0.220 e. The summed E-state index contributed by atoms with van der Waals surface area (Å²) in [6, 6.07) is 0.124. The molecule has 100 valence electrons. The molecule has 1 saturated heterocycles. The minimum absolute atomic E-state index is 0.0674. The van der Waals surface area contributed by atoms with Crippen LogP contribution in [-0.4, -0.2) is 44.0 Å². The predicted octanol–water partition coefficient (Wildman–Crippen LogP) is 0.573. The second kappa shape index (κ2) is 5.82. The molecule has 1 amide bonds. The Morgan fingerprint density at radius 3 is 2.29 bits per heavy atom. The van der Waals surface area contributed by atoms with Gasteiger partial charge in [0.1, 0.15) is 0 Å². The van der Waals surface area contributed by atoms with E-state index in [0.717, 1.165) is 0 Å². The molecule has 0 aromatic heterocycles. The first kappa shape index (κ1) is 14.4. The number of nitrogens with one attached hydrogen (secondary N) is 1. The van der Waals surface area contributed by atoms with Crippen LogP contribution in [0.25, 0.3) is 0 Å². The van der Waals surface area contributed by atoms with Gasteiger partial charge in [-0.15, -0.1) is 0 Å². The quantitative estimate of drug-likeness (QED) is 0.805. The van der Waals surface area contributed by atoms with Gasteiger partial charge in [0.15, 0.2) is 0 Å². The number of piperidine rings is 1. The lowest BCUT2D eigenvalue weighted by molar-refractivity contribution is -0.122. The number of sulfonamides is 1. The number of carbonyl (C=O) groups excluding carboxylic acids is 1. The maximum Gasteiger partial charge on any atom is 0.220 e. The van der Waals surface area contributed by atoms with Gasteiger partial charge in [-0.05, 0) is 18.8 Å². The molecule has 1 aliphatic heterocycles. The van der Waals surface area contributed by atoms with Crippen LogP contribution in [-0.2, 0) is 14.8 Å².